The van der Waals surface area contributed by atoms with Gasteiger partial charge < -0.3 is 13.7 Å². The summed E-state index contributed by atoms with van der Waals surface area (Å²) in [5, 5.41) is 8.83. The largest absolute Gasteiger partial charge is 0.309 e. The topological polar surface area (TPSA) is 97.1 Å². The minimum absolute atomic E-state index is 0.509. The molecule has 12 aromatic carbocycles. The standard InChI is InChI=1S/C78H48N10/c1-5-22-49(23-6-1)73-79-74(50-24-7-2-8-25-50)81-75(80-73)51-26-21-31-56(46-51)87-67-39-20-16-35-61(67)71-70(87)45-42-60-57-32-13-19-38-66(57)88(72(60)71)78-83-76(52-40-43-68-62(47-52)58-33-14-17-36-64(58)85(68)54-27-9-3-10-28-54)82-77(84-78)53-41-44-69-63(48-53)59-34-15-18-37-65(59)86(69)55-29-11-4-12-30-55/h1-48H. The molecule has 18 rings (SSSR count). The zero-order valence-corrected chi connectivity index (χ0v) is 47.2. The molecule has 88 heavy (non-hydrogen) atoms. The Morgan fingerprint density at radius 3 is 1.05 bits per heavy atom. The van der Waals surface area contributed by atoms with E-state index >= 15 is 0 Å². The van der Waals surface area contributed by atoms with Crippen molar-refractivity contribution >= 4 is 87.2 Å². The van der Waals surface area contributed by atoms with Gasteiger partial charge in [0.25, 0.3) is 0 Å². The van der Waals surface area contributed by atoms with Crippen LogP contribution in [-0.2, 0) is 0 Å². The minimum atomic E-state index is 0.509. The maximum atomic E-state index is 5.64. The number of rotatable bonds is 9. The number of benzene rings is 12. The molecule has 0 unspecified atom stereocenters. The van der Waals surface area contributed by atoms with Crippen molar-refractivity contribution in [2.75, 3.05) is 0 Å². The Morgan fingerprint density at radius 2 is 0.534 bits per heavy atom. The smallest absolute Gasteiger partial charge is 0.238 e. The van der Waals surface area contributed by atoms with E-state index in [4.69, 9.17) is 29.9 Å². The van der Waals surface area contributed by atoms with Crippen LogP contribution < -0.4 is 0 Å². The van der Waals surface area contributed by atoms with E-state index in [1.54, 1.807) is 0 Å². The molecule has 0 saturated carbocycles. The Kier molecular flexibility index (Phi) is 11.1. The molecule has 0 radical (unpaired) electrons. The number of hydrogen-bond acceptors (Lipinski definition) is 6. The SMILES string of the molecule is c1ccc(-c2nc(-c3ccccc3)nc(-c3cccc(-n4c5ccccc5c5c4ccc4c6ccccc6n(-c6nc(-c7ccc8c(c7)c7ccccc7n8-c7ccccc7)nc(-c7ccc8c(c7)c7ccccc7n8-c7ccccc7)n6)c45)c3)n2)cc1. The average molecular weight is 1130 g/mol. The van der Waals surface area contributed by atoms with Crippen LogP contribution in [0.15, 0.2) is 291 Å². The van der Waals surface area contributed by atoms with E-state index in [0.29, 0.717) is 35.1 Å². The summed E-state index contributed by atoms with van der Waals surface area (Å²) in [6.45, 7) is 0. The fraction of sp³-hybridized carbons (Fsp3) is 0. The first-order chi connectivity index (χ1) is 43.6. The molecule has 0 atom stereocenters. The lowest BCUT2D eigenvalue weighted by Gasteiger charge is -2.13. The van der Waals surface area contributed by atoms with Gasteiger partial charge in [-0.15, -0.1) is 0 Å². The molecule has 0 fully saturated rings. The number of para-hydroxylation sites is 6. The van der Waals surface area contributed by atoms with Crippen LogP contribution in [0.2, 0.25) is 0 Å². The highest BCUT2D eigenvalue weighted by Gasteiger charge is 2.25. The van der Waals surface area contributed by atoms with E-state index in [0.717, 1.165) is 132 Å². The summed E-state index contributed by atoms with van der Waals surface area (Å²) >= 11 is 0. The van der Waals surface area contributed by atoms with Crippen LogP contribution in [-0.4, -0.2) is 48.2 Å². The van der Waals surface area contributed by atoms with E-state index in [-0.39, 0.29) is 0 Å². The van der Waals surface area contributed by atoms with E-state index in [9.17, 15) is 0 Å². The third kappa shape index (κ3) is 7.75. The molecule has 0 N–H and O–H groups in total. The third-order valence-electron chi connectivity index (χ3n) is 17.2. The monoisotopic (exact) mass is 1120 g/mol. The fourth-order valence-corrected chi connectivity index (χ4v) is 13.4. The minimum Gasteiger partial charge on any atom is -0.309 e. The molecule has 10 nitrogen and oxygen atoms in total. The summed E-state index contributed by atoms with van der Waals surface area (Å²) in [7, 11) is 0. The average Bonchev–Trinajstić information content (AvgIpc) is 1.59. The van der Waals surface area contributed by atoms with E-state index in [1.165, 1.54) is 0 Å². The van der Waals surface area contributed by atoms with Gasteiger partial charge in [0, 0.05) is 88.0 Å². The lowest BCUT2D eigenvalue weighted by atomic mass is 10.1. The second-order valence-corrected chi connectivity index (χ2v) is 22.3. The van der Waals surface area contributed by atoms with Crippen LogP contribution in [0.4, 0.5) is 0 Å². The first-order valence-electron chi connectivity index (χ1n) is 29.5. The van der Waals surface area contributed by atoms with Crippen LogP contribution >= 0.6 is 0 Å². The zero-order chi connectivity index (χ0) is 57.8. The molecule has 0 aliphatic heterocycles. The number of fused-ring (bicyclic) bond motifs is 13. The molecule has 410 valence electrons. The normalized spacial score (nSPS) is 11.9. The molecule has 6 heterocycles. The van der Waals surface area contributed by atoms with Crippen molar-refractivity contribution in [2.24, 2.45) is 0 Å². The zero-order valence-electron chi connectivity index (χ0n) is 47.2. The molecule has 0 spiro atoms. The first-order valence-corrected chi connectivity index (χ1v) is 29.5. The van der Waals surface area contributed by atoms with Gasteiger partial charge in [0.2, 0.25) is 5.95 Å². The second kappa shape index (κ2) is 19.7. The maximum absolute atomic E-state index is 5.64. The number of hydrogen-bond donors (Lipinski definition) is 0. The van der Waals surface area contributed by atoms with E-state index in [2.05, 4.69) is 249 Å². The van der Waals surface area contributed by atoms with Gasteiger partial charge >= 0.3 is 0 Å². The highest BCUT2D eigenvalue weighted by atomic mass is 15.2. The Bertz CT molecular complexity index is 5570. The van der Waals surface area contributed by atoms with Gasteiger partial charge in [0.05, 0.1) is 44.1 Å². The molecular weight excluding hydrogens is 1080 g/mol. The summed E-state index contributed by atoms with van der Waals surface area (Å²) in [6.07, 6.45) is 0. The van der Waals surface area contributed by atoms with Gasteiger partial charge in [-0.2, -0.15) is 9.97 Å². The van der Waals surface area contributed by atoms with Gasteiger partial charge in [0.1, 0.15) is 0 Å². The van der Waals surface area contributed by atoms with Crippen molar-refractivity contribution < 1.29 is 0 Å². The van der Waals surface area contributed by atoms with Gasteiger partial charge in [-0.3, -0.25) is 4.57 Å². The van der Waals surface area contributed by atoms with Crippen molar-refractivity contribution in [2.45, 2.75) is 0 Å². The molecule has 0 saturated heterocycles. The van der Waals surface area contributed by atoms with Crippen molar-refractivity contribution in [3.63, 3.8) is 0 Å². The molecule has 0 amide bonds. The summed E-state index contributed by atoms with van der Waals surface area (Å²) in [6, 6.07) is 102. The third-order valence-corrected chi connectivity index (χ3v) is 17.2. The van der Waals surface area contributed by atoms with Crippen LogP contribution in [0.25, 0.3) is 167 Å². The maximum Gasteiger partial charge on any atom is 0.238 e. The van der Waals surface area contributed by atoms with Gasteiger partial charge in [-0.25, -0.2) is 19.9 Å². The highest BCUT2D eigenvalue weighted by molar-refractivity contribution is 6.26. The lowest BCUT2D eigenvalue weighted by molar-refractivity contribution is 0.955. The molecule has 18 aromatic rings. The predicted molar refractivity (Wildman–Crippen MR) is 358 cm³/mol. The molecule has 0 aliphatic carbocycles. The van der Waals surface area contributed by atoms with Crippen molar-refractivity contribution in [1.82, 2.24) is 48.2 Å². The Morgan fingerprint density at radius 1 is 0.193 bits per heavy atom. The summed E-state index contributed by atoms with van der Waals surface area (Å²) in [4.78, 5) is 32.1. The number of nitrogens with zero attached hydrogens (tertiary/aromatic N) is 10. The molecular formula is C78H48N10. The summed E-state index contributed by atoms with van der Waals surface area (Å²) in [5.74, 6) is 3.44. The lowest BCUT2D eigenvalue weighted by Crippen LogP contribution is -2.06. The second-order valence-electron chi connectivity index (χ2n) is 22.3. The number of aromatic nitrogens is 10. The molecule has 6 aromatic heterocycles. The summed E-state index contributed by atoms with van der Waals surface area (Å²) in [5.41, 5.74) is 16.1. The Labute approximate surface area is 503 Å². The summed E-state index contributed by atoms with van der Waals surface area (Å²) < 4.78 is 9.31. The van der Waals surface area contributed by atoms with Crippen molar-refractivity contribution in [3.05, 3.63) is 291 Å². The fourth-order valence-electron chi connectivity index (χ4n) is 13.4. The van der Waals surface area contributed by atoms with Gasteiger partial charge in [-0.05, 0) is 103 Å². The van der Waals surface area contributed by atoms with Crippen LogP contribution in [0.5, 0.6) is 0 Å². The van der Waals surface area contributed by atoms with Crippen LogP contribution in [0.3, 0.4) is 0 Å². The molecule has 10 heteroatoms. The molecule has 0 bridgehead atoms. The Balaban J connectivity index is 0.879. The predicted octanol–water partition coefficient (Wildman–Crippen LogP) is 18.8. The quantitative estimate of drug-likeness (QED) is 0.143. The van der Waals surface area contributed by atoms with E-state index in [1.807, 2.05) is 60.7 Å². The van der Waals surface area contributed by atoms with Gasteiger partial charge in [-0.1, -0.05) is 188 Å². The highest BCUT2D eigenvalue weighted by Crippen LogP contribution is 2.44. The molecule has 0 aliphatic rings. The van der Waals surface area contributed by atoms with Gasteiger partial charge in [0.15, 0.2) is 29.1 Å². The van der Waals surface area contributed by atoms with Crippen molar-refractivity contribution in [1.29, 1.82) is 0 Å². The van der Waals surface area contributed by atoms with Crippen LogP contribution in [0.1, 0.15) is 0 Å². The van der Waals surface area contributed by atoms with E-state index < -0.39 is 0 Å². The van der Waals surface area contributed by atoms with Crippen molar-refractivity contribution in [3.8, 4) is 79.9 Å². The Hall–Kier alpha value is -12.1. The first kappa shape index (κ1) is 49.3. The van der Waals surface area contributed by atoms with Crippen LogP contribution in [0, 0.1) is 0 Å².